The SMILES string of the molecule is CCCCCCO[C@H]1CC[C@H]([C@H]2CC[C@H](c3ccc(CC(F)(F)F)cc3)CC2)CC1. The third-order valence-electron chi connectivity index (χ3n) is 7.36. The van der Waals surface area contributed by atoms with Gasteiger partial charge in [-0.3, -0.25) is 0 Å². The van der Waals surface area contributed by atoms with Gasteiger partial charge >= 0.3 is 6.18 Å². The zero-order valence-electron chi connectivity index (χ0n) is 18.6. The lowest BCUT2D eigenvalue weighted by Gasteiger charge is -2.38. The molecule has 170 valence electrons. The second kappa shape index (κ2) is 11.5. The average molecular weight is 425 g/mol. The van der Waals surface area contributed by atoms with Gasteiger partial charge in [-0.1, -0.05) is 50.5 Å². The predicted molar refractivity (Wildman–Crippen MR) is 117 cm³/mol. The molecule has 0 unspecified atom stereocenters. The Kier molecular flexibility index (Phi) is 9.10. The van der Waals surface area contributed by atoms with E-state index in [0.29, 0.717) is 17.6 Å². The molecule has 3 rings (SSSR count). The smallest absolute Gasteiger partial charge is 0.378 e. The van der Waals surface area contributed by atoms with Gasteiger partial charge in [-0.15, -0.1) is 0 Å². The summed E-state index contributed by atoms with van der Waals surface area (Å²) in [6, 6.07) is 7.18. The number of halogens is 3. The highest BCUT2D eigenvalue weighted by molar-refractivity contribution is 5.26. The molecule has 2 saturated carbocycles. The molecular formula is C26H39F3O. The third-order valence-corrected chi connectivity index (χ3v) is 7.36. The summed E-state index contributed by atoms with van der Waals surface area (Å²) in [6.07, 6.45) is 10.6. The molecule has 0 N–H and O–H groups in total. The lowest BCUT2D eigenvalue weighted by atomic mass is 9.69. The second-order valence-electron chi connectivity index (χ2n) is 9.61. The Balaban J connectivity index is 1.36. The Morgan fingerprint density at radius 3 is 1.97 bits per heavy atom. The molecule has 1 aromatic rings. The monoisotopic (exact) mass is 424 g/mol. The summed E-state index contributed by atoms with van der Waals surface area (Å²) in [4.78, 5) is 0. The minimum absolute atomic E-state index is 0.365. The van der Waals surface area contributed by atoms with Crippen LogP contribution < -0.4 is 0 Å². The average Bonchev–Trinajstić information content (AvgIpc) is 2.74. The molecule has 0 aromatic heterocycles. The lowest BCUT2D eigenvalue weighted by molar-refractivity contribution is -0.127. The van der Waals surface area contributed by atoms with Crippen molar-refractivity contribution in [2.75, 3.05) is 6.61 Å². The molecule has 1 nitrogen and oxygen atoms in total. The first-order valence-corrected chi connectivity index (χ1v) is 12.2. The van der Waals surface area contributed by atoms with E-state index in [1.807, 2.05) is 12.1 Å². The van der Waals surface area contributed by atoms with Gasteiger partial charge in [-0.25, -0.2) is 0 Å². The Labute approximate surface area is 180 Å². The fourth-order valence-corrected chi connectivity index (χ4v) is 5.57. The molecule has 0 amide bonds. The minimum atomic E-state index is -4.13. The van der Waals surface area contributed by atoms with Gasteiger partial charge in [0.15, 0.2) is 0 Å². The van der Waals surface area contributed by atoms with Crippen LogP contribution in [0.1, 0.15) is 101 Å². The standard InChI is InChI=1S/C26H39F3O/c1-2-3-4-5-18-30-25-16-14-24(15-17-25)23-12-10-22(11-13-23)21-8-6-20(7-9-21)19-26(27,28)29/h6-9,22-25H,2-5,10-19H2,1H3/t22-,23-,24-,25-. The molecule has 2 aliphatic carbocycles. The summed E-state index contributed by atoms with van der Waals surface area (Å²) in [5.41, 5.74) is 1.59. The molecule has 0 aliphatic heterocycles. The van der Waals surface area contributed by atoms with Crippen LogP contribution in [0.4, 0.5) is 13.2 Å². The molecule has 2 fully saturated rings. The summed E-state index contributed by atoms with van der Waals surface area (Å²) < 4.78 is 43.7. The van der Waals surface area contributed by atoms with Crippen molar-refractivity contribution in [2.45, 2.75) is 109 Å². The Morgan fingerprint density at radius 2 is 1.40 bits per heavy atom. The van der Waals surface area contributed by atoms with Gasteiger partial charge in [0.2, 0.25) is 0 Å². The molecule has 0 spiro atoms. The number of hydrogen-bond acceptors (Lipinski definition) is 1. The van der Waals surface area contributed by atoms with E-state index >= 15 is 0 Å². The van der Waals surface area contributed by atoms with E-state index in [9.17, 15) is 13.2 Å². The van der Waals surface area contributed by atoms with Gasteiger partial charge in [0.05, 0.1) is 12.5 Å². The zero-order chi connectivity index (χ0) is 21.4. The highest BCUT2D eigenvalue weighted by Crippen LogP contribution is 2.43. The molecule has 0 heterocycles. The summed E-state index contributed by atoms with van der Waals surface area (Å²) in [7, 11) is 0. The molecule has 0 atom stereocenters. The molecule has 2 aliphatic rings. The van der Waals surface area contributed by atoms with Gasteiger partial charge in [-0.05, 0) is 86.7 Å². The highest BCUT2D eigenvalue weighted by Gasteiger charge is 2.32. The lowest BCUT2D eigenvalue weighted by Crippen LogP contribution is -2.28. The van der Waals surface area contributed by atoms with Crippen LogP contribution >= 0.6 is 0 Å². The third kappa shape index (κ3) is 7.59. The van der Waals surface area contributed by atoms with E-state index in [0.717, 1.165) is 18.4 Å². The summed E-state index contributed by atoms with van der Waals surface area (Å²) in [6.45, 7) is 3.17. The fourth-order valence-electron chi connectivity index (χ4n) is 5.57. The summed E-state index contributed by atoms with van der Waals surface area (Å²) in [5.74, 6) is 2.19. The van der Waals surface area contributed by atoms with Crippen molar-refractivity contribution in [3.63, 3.8) is 0 Å². The van der Waals surface area contributed by atoms with E-state index in [4.69, 9.17) is 4.74 Å². The first kappa shape index (κ1) is 23.6. The van der Waals surface area contributed by atoms with Crippen LogP contribution in [0.15, 0.2) is 24.3 Å². The van der Waals surface area contributed by atoms with Crippen LogP contribution in [-0.4, -0.2) is 18.9 Å². The Morgan fingerprint density at radius 1 is 0.800 bits per heavy atom. The van der Waals surface area contributed by atoms with Gasteiger partial charge in [-0.2, -0.15) is 13.2 Å². The van der Waals surface area contributed by atoms with Gasteiger partial charge in [0.1, 0.15) is 0 Å². The summed E-state index contributed by atoms with van der Waals surface area (Å²) in [5, 5.41) is 0. The number of unbranched alkanes of at least 4 members (excludes halogenated alkanes) is 3. The first-order chi connectivity index (χ1) is 14.4. The second-order valence-corrected chi connectivity index (χ2v) is 9.61. The highest BCUT2D eigenvalue weighted by atomic mass is 19.4. The van der Waals surface area contributed by atoms with Crippen LogP contribution in [-0.2, 0) is 11.2 Å². The maximum atomic E-state index is 12.5. The van der Waals surface area contributed by atoms with E-state index in [-0.39, 0.29) is 0 Å². The van der Waals surface area contributed by atoms with E-state index in [1.54, 1.807) is 12.1 Å². The minimum Gasteiger partial charge on any atom is -0.378 e. The largest absolute Gasteiger partial charge is 0.393 e. The molecule has 30 heavy (non-hydrogen) atoms. The number of alkyl halides is 3. The Bertz CT molecular complexity index is 594. The van der Waals surface area contributed by atoms with E-state index < -0.39 is 12.6 Å². The van der Waals surface area contributed by atoms with Crippen molar-refractivity contribution in [1.29, 1.82) is 0 Å². The normalized spacial score (nSPS) is 27.9. The molecule has 1 aromatic carbocycles. The van der Waals surface area contributed by atoms with Crippen molar-refractivity contribution in [3.05, 3.63) is 35.4 Å². The molecule has 0 bridgehead atoms. The van der Waals surface area contributed by atoms with Crippen LogP contribution in [0, 0.1) is 11.8 Å². The zero-order valence-corrected chi connectivity index (χ0v) is 18.6. The number of ether oxygens (including phenoxy) is 1. The van der Waals surface area contributed by atoms with Gasteiger partial charge in [0.25, 0.3) is 0 Å². The van der Waals surface area contributed by atoms with Crippen molar-refractivity contribution in [2.24, 2.45) is 11.8 Å². The van der Waals surface area contributed by atoms with Crippen LogP contribution in [0.25, 0.3) is 0 Å². The Hall–Kier alpha value is -1.03. The fraction of sp³-hybridized carbons (Fsp3) is 0.769. The first-order valence-electron chi connectivity index (χ1n) is 12.2. The molecule has 0 saturated heterocycles. The van der Waals surface area contributed by atoms with Crippen LogP contribution in [0.5, 0.6) is 0 Å². The van der Waals surface area contributed by atoms with Crippen molar-refractivity contribution in [3.8, 4) is 0 Å². The quantitative estimate of drug-likeness (QED) is 0.363. The van der Waals surface area contributed by atoms with Crippen LogP contribution in [0.2, 0.25) is 0 Å². The van der Waals surface area contributed by atoms with E-state index in [1.165, 1.54) is 82.6 Å². The van der Waals surface area contributed by atoms with Crippen molar-refractivity contribution >= 4 is 0 Å². The topological polar surface area (TPSA) is 9.23 Å². The van der Waals surface area contributed by atoms with Gasteiger partial charge < -0.3 is 4.74 Å². The summed E-state index contributed by atoms with van der Waals surface area (Å²) >= 11 is 0. The number of rotatable bonds is 9. The predicted octanol–water partition coefficient (Wildman–Crippen LogP) is 8.22. The number of benzene rings is 1. The molecule has 0 radical (unpaired) electrons. The maximum absolute atomic E-state index is 12.5. The van der Waals surface area contributed by atoms with E-state index in [2.05, 4.69) is 6.92 Å². The number of hydrogen-bond donors (Lipinski definition) is 0. The van der Waals surface area contributed by atoms with Crippen LogP contribution in [0.3, 0.4) is 0 Å². The molecule has 4 heteroatoms. The van der Waals surface area contributed by atoms with Crippen molar-refractivity contribution < 1.29 is 17.9 Å². The molecular weight excluding hydrogens is 385 g/mol. The van der Waals surface area contributed by atoms with Crippen molar-refractivity contribution in [1.82, 2.24) is 0 Å². The van der Waals surface area contributed by atoms with Gasteiger partial charge in [0, 0.05) is 6.61 Å². The maximum Gasteiger partial charge on any atom is 0.393 e.